The number of hydrogen-bond acceptors (Lipinski definition) is 2. The molecular formula is C48H32N2O. The van der Waals surface area contributed by atoms with Crippen molar-refractivity contribution in [1.82, 2.24) is 4.57 Å². The fourth-order valence-electron chi connectivity index (χ4n) is 7.70. The van der Waals surface area contributed by atoms with E-state index in [0.29, 0.717) is 0 Å². The first-order valence-electron chi connectivity index (χ1n) is 17.4. The molecule has 0 saturated heterocycles. The molecule has 51 heavy (non-hydrogen) atoms. The van der Waals surface area contributed by atoms with Gasteiger partial charge in [-0.3, -0.25) is 0 Å². The van der Waals surface area contributed by atoms with E-state index in [1.165, 1.54) is 27.4 Å². The molecule has 0 aliphatic carbocycles. The van der Waals surface area contributed by atoms with Gasteiger partial charge in [0.1, 0.15) is 11.2 Å². The fourth-order valence-corrected chi connectivity index (χ4v) is 7.70. The van der Waals surface area contributed by atoms with Crippen molar-refractivity contribution in [3.05, 3.63) is 194 Å². The van der Waals surface area contributed by atoms with Gasteiger partial charge in [0.25, 0.3) is 0 Å². The van der Waals surface area contributed by atoms with Crippen LogP contribution in [-0.2, 0) is 0 Å². The highest BCUT2D eigenvalue weighted by molar-refractivity contribution is 6.16. The highest BCUT2D eigenvalue weighted by Crippen LogP contribution is 2.43. The van der Waals surface area contributed by atoms with Gasteiger partial charge in [-0.1, -0.05) is 133 Å². The lowest BCUT2D eigenvalue weighted by molar-refractivity contribution is 0.670. The standard InChI is InChI=1S/C48H32N2O/c1-4-14-33(15-5-1)39-21-13-24-44-47(39)43-31-30-38(32-45(43)50(44)36-18-8-3-9-19-36)49(35-16-6-2-7-17-35)37-28-26-34(27-29-37)40-22-12-23-42-41-20-10-11-25-46(41)51-48(40)42/h1-32H. The Labute approximate surface area is 295 Å². The van der Waals surface area contributed by atoms with E-state index in [1.54, 1.807) is 0 Å². The van der Waals surface area contributed by atoms with Crippen molar-refractivity contribution in [3.8, 4) is 27.9 Å². The summed E-state index contributed by atoms with van der Waals surface area (Å²) < 4.78 is 8.80. The Morgan fingerprint density at radius 1 is 0.392 bits per heavy atom. The van der Waals surface area contributed by atoms with Crippen LogP contribution >= 0.6 is 0 Å². The lowest BCUT2D eigenvalue weighted by Crippen LogP contribution is -2.10. The highest BCUT2D eigenvalue weighted by Gasteiger charge is 2.20. The van der Waals surface area contributed by atoms with Gasteiger partial charge in [-0.15, -0.1) is 0 Å². The third-order valence-electron chi connectivity index (χ3n) is 9.99. The van der Waals surface area contributed by atoms with Crippen molar-refractivity contribution in [1.29, 1.82) is 0 Å². The zero-order valence-corrected chi connectivity index (χ0v) is 27.8. The van der Waals surface area contributed by atoms with Gasteiger partial charge in [0.2, 0.25) is 0 Å². The summed E-state index contributed by atoms with van der Waals surface area (Å²) in [6.07, 6.45) is 0. The first-order chi connectivity index (χ1) is 25.3. The van der Waals surface area contributed by atoms with Crippen molar-refractivity contribution in [2.45, 2.75) is 0 Å². The summed E-state index contributed by atoms with van der Waals surface area (Å²) in [6, 6.07) is 69.1. The number of furan rings is 1. The maximum atomic E-state index is 6.39. The number of rotatable bonds is 6. The van der Waals surface area contributed by atoms with Gasteiger partial charge in [0.05, 0.1) is 11.0 Å². The van der Waals surface area contributed by atoms with Crippen LogP contribution in [0.4, 0.5) is 17.1 Å². The van der Waals surface area contributed by atoms with Crippen LogP contribution in [0.3, 0.4) is 0 Å². The minimum Gasteiger partial charge on any atom is -0.455 e. The van der Waals surface area contributed by atoms with E-state index in [9.17, 15) is 0 Å². The van der Waals surface area contributed by atoms with Gasteiger partial charge in [-0.05, 0) is 77.4 Å². The molecule has 0 saturated carbocycles. The summed E-state index contributed by atoms with van der Waals surface area (Å²) in [5, 5.41) is 4.75. The molecule has 2 aromatic heterocycles. The molecule has 10 aromatic rings. The van der Waals surface area contributed by atoms with Crippen LogP contribution in [0.15, 0.2) is 199 Å². The smallest absolute Gasteiger partial charge is 0.143 e. The molecule has 10 rings (SSSR count). The van der Waals surface area contributed by atoms with Crippen molar-refractivity contribution in [3.63, 3.8) is 0 Å². The number of benzene rings is 8. The second kappa shape index (κ2) is 11.9. The van der Waals surface area contributed by atoms with Crippen molar-refractivity contribution >= 4 is 60.8 Å². The van der Waals surface area contributed by atoms with E-state index in [0.717, 1.165) is 61.3 Å². The number of aromatic nitrogens is 1. The number of hydrogen-bond donors (Lipinski definition) is 0. The Morgan fingerprint density at radius 3 is 1.80 bits per heavy atom. The minimum atomic E-state index is 0.908. The third kappa shape index (κ3) is 4.82. The van der Waals surface area contributed by atoms with E-state index in [-0.39, 0.29) is 0 Å². The summed E-state index contributed by atoms with van der Waals surface area (Å²) in [6.45, 7) is 0. The SMILES string of the molecule is c1ccc(-c2cccc3c2c2ccc(N(c4ccccc4)c4ccc(-c5cccc6c5oc5ccccc56)cc4)cc2n3-c2ccccc2)cc1. The number of anilines is 3. The van der Waals surface area contributed by atoms with Gasteiger partial charge < -0.3 is 13.9 Å². The molecule has 0 N–H and O–H groups in total. The zero-order valence-electron chi connectivity index (χ0n) is 27.8. The van der Waals surface area contributed by atoms with Crippen LogP contribution in [0.5, 0.6) is 0 Å². The quantitative estimate of drug-likeness (QED) is 0.178. The van der Waals surface area contributed by atoms with Crippen LogP contribution in [0.2, 0.25) is 0 Å². The lowest BCUT2D eigenvalue weighted by atomic mass is 9.99. The predicted molar refractivity (Wildman–Crippen MR) is 214 cm³/mol. The Bertz CT molecular complexity index is 2830. The van der Waals surface area contributed by atoms with Crippen molar-refractivity contribution in [2.75, 3.05) is 4.90 Å². The average molecular weight is 653 g/mol. The molecule has 0 aliphatic heterocycles. The van der Waals surface area contributed by atoms with Gasteiger partial charge in [-0.25, -0.2) is 0 Å². The Morgan fingerprint density at radius 2 is 1.00 bits per heavy atom. The fraction of sp³-hybridized carbons (Fsp3) is 0. The molecule has 8 aromatic carbocycles. The largest absolute Gasteiger partial charge is 0.455 e. The van der Waals surface area contributed by atoms with Crippen LogP contribution < -0.4 is 4.90 Å². The molecular weight excluding hydrogens is 621 g/mol. The summed E-state index contributed by atoms with van der Waals surface area (Å²) in [7, 11) is 0. The molecule has 0 unspecified atom stereocenters. The molecule has 240 valence electrons. The Kier molecular flexibility index (Phi) is 6.81. The normalized spacial score (nSPS) is 11.5. The monoisotopic (exact) mass is 652 g/mol. The van der Waals surface area contributed by atoms with Gasteiger partial charge in [0.15, 0.2) is 0 Å². The number of nitrogens with zero attached hydrogens (tertiary/aromatic N) is 2. The molecule has 3 heteroatoms. The summed E-state index contributed by atoms with van der Waals surface area (Å²) in [5.41, 5.74) is 13.2. The van der Waals surface area contributed by atoms with E-state index in [1.807, 2.05) is 12.1 Å². The molecule has 0 fully saturated rings. The molecule has 0 amide bonds. The second-order valence-corrected chi connectivity index (χ2v) is 12.9. The van der Waals surface area contributed by atoms with Crippen molar-refractivity contribution in [2.24, 2.45) is 0 Å². The third-order valence-corrected chi connectivity index (χ3v) is 9.99. The molecule has 0 bridgehead atoms. The number of fused-ring (bicyclic) bond motifs is 6. The maximum absolute atomic E-state index is 6.39. The topological polar surface area (TPSA) is 21.3 Å². The van der Waals surface area contributed by atoms with Crippen LogP contribution in [-0.4, -0.2) is 4.57 Å². The van der Waals surface area contributed by atoms with Crippen LogP contribution in [0.25, 0.3) is 71.7 Å². The molecule has 0 aliphatic rings. The van der Waals surface area contributed by atoms with Crippen LogP contribution in [0.1, 0.15) is 0 Å². The van der Waals surface area contributed by atoms with Gasteiger partial charge in [0, 0.05) is 49.9 Å². The number of para-hydroxylation sites is 4. The molecule has 3 nitrogen and oxygen atoms in total. The van der Waals surface area contributed by atoms with E-state index < -0.39 is 0 Å². The molecule has 0 spiro atoms. The first-order valence-corrected chi connectivity index (χ1v) is 17.4. The average Bonchev–Trinajstić information content (AvgIpc) is 3.75. The molecule has 0 radical (unpaired) electrons. The van der Waals surface area contributed by atoms with E-state index in [4.69, 9.17) is 4.42 Å². The minimum absolute atomic E-state index is 0.908. The Balaban J connectivity index is 1.16. The maximum Gasteiger partial charge on any atom is 0.143 e. The second-order valence-electron chi connectivity index (χ2n) is 12.9. The van der Waals surface area contributed by atoms with Crippen molar-refractivity contribution < 1.29 is 4.42 Å². The zero-order chi connectivity index (χ0) is 33.7. The summed E-state index contributed by atoms with van der Waals surface area (Å²) >= 11 is 0. The summed E-state index contributed by atoms with van der Waals surface area (Å²) in [4.78, 5) is 2.34. The van der Waals surface area contributed by atoms with Crippen LogP contribution in [0, 0.1) is 0 Å². The molecule has 2 heterocycles. The lowest BCUT2D eigenvalue weighted by Gasteiger charge is -2.26. The van der Waals surface area contributed by atoms with E-state index >= 15 is 0 Å². The van der Waals surface area contributed by atoms with Gasteiger partial charge in [-0.2, -0.15) is 0 Å². The highest BCUT2D eigenvalue weighted by atomic mass is 16.3. The van der Waals surface area contributed by atoms with Gasteiger partial charge >= 0.3 is 0 Å². The molecule has 0 atom stereocenters. The first kappa shape index (κ1) is 29.1. The Hall–Kier alpha value is -6.84. The summed E-state index contributed by atoms with van der Waals surface area (Å²) in [5.74, 6) is 0. The predicted octanol–water partition coefficient (Wildman–Crippen LogP) is 13.5. The van der Waals surface area contributed by atoms with E-state index in [2.05, 4.69) is 191 Å².